The molecule has 0 amide bonds. The number of aromatic nitrogens is 3. The fourth-order valence-electron chi connectivity index (χ4n) is 2.11. The van der Waals surface area contributed by atoms with E-state index >= 15 is 0 Å². The Balaban J connectivity index is 2.37. The van der Waals surface area contributed by atoms with Gasteiger partial charge < -0.3 is 10.2 Å². The van der Waals surface area contributed by atoms with Crippen molar-refractivity contribution in [2.75, 3.05) is 27.2 Å². The second-order valence-corrected chi connectivity index (χ2v) is 5.50. The summed E-state index contributed by atoms with van der Waals surface area (Å²) in [6, 6.07) is 0. The van der Waals surface area contributed by atoms with Gasteiger partial charge in [0, 0.05) is 19.6 Å². The molecule has 5 heteroatoms. The van der Waals surface area contributed by atoms with E-state index in [-0.39, 0.29) is 5.41 Å². The standard InChI is InChI=1S/C12H25N5/c1-6-17-11(14-10-15-17)7-13-8-12(2,3)9-16(4)5/h10,13H,6-9H2,1-5H3. The van der Waals surface area contributed by atoms with Gasteiger partial charge in [-0.25, -0.2) is 9.67 Å². The largest absolute Gasteiger partial charge is 0.309 e. The van der Waals surface area contributed by atoms with Crippen molar-refractivity contribution in [3.8, 4) is 0 Å². The average Bonchev–Trinajstić information content (AvgIpc) is 2.62. The Bertz CT molecular complexity index is 329. The second kappa shape index (κ2) is 6.12. The van der Waals surface area contributed by atoms with Crippen molar-refractivity contribution in [3.05, 3.63) is 12.2 Å². The predicted molar refractivity (Wildman–Crippen MR) is 69.7 cm³/mol. The molecule has 0 unspecified atom stereocenters. The Morgan fingerprint density at radius 2 is 2.12 bits per heavy atom. The van der Waals surface area contributed by atoms with Crippen molar-refractivity contribution in [1.29, 1.82) is 0 Å². The zero-order chi connectivity index (χ0) is 12.9. The highest BCUT2D eigenvalue weighted by Crippen LogP contribution is 2.14. The molecule has 1 N–H and O–H groups in total. The highest BCUT2D eigenvalue weighted by Gasteiger charge is 2.18. The molecule has 0 saturated heterocycles. The van der Waals surface area contributed by atoms with Gasteiger partial charge in [0.1, 0.15) is 12.2 Å². The Morgan fingerprint density at radius 3 is 2.71 bits per heavy atom. The van der Waals surface area contributed by atoms with E-state index in [0.29, 0.717) is 0 Å². The molecule has 17 heavy (non-hydrogen) atoms. The minimum atomic E-state index is 0.264. The third-order valence-electron chi connectivity index (χ3n) is 2.63. The summed E-state index contributed by atoms with van der Waals surface area (Å²) in [6.07, 6.45) is 1.62. The molecule has 0 radical (unpaired) electrons. The van der Waals surface area contributed by atoms with Crippen molar-refractivity contribution in [3.63, 3.8) is 0 Å². The SMILES string of the molecule is CCn1ncnc1CNCC(C)(C)CN(C)C. The van der Waals surface area contributed by atoms with Gasteiger partial charge in [0.25, 0.3) is 0 Å². The lowest BCUT2D eigenvalue weighted by Gasteiger charge is -2.28. The first kappa shape index (κ1) is 14.1. The quantitative estimate of drug-likeness (QED) is 0.770. The van der Waals surface area contributed by atoms with Gasteiger partial charge in [-0.05, 0) is 26.4 Å². The summed E-state index contributed by atoms with van der Waals surface area (Å²) in [4.78, 5) is 6.46. The maximum atomic E-state index is 4.25. The van der Waals surface area contributed by atoms with Crippen LogP contribution in [0.4, 0.5) is 0 Å². The minimum Gasteiger partial charge on any atom is -0.309 e. The van der Waals surface area contributed by atoms with Crippen LogP contribution in [-0.2, 0) is 13.1 Å². The van der Waals surface area contributed by atoms with Crippen LogP contribution in [0.5, 0.6) is 0 Å². The van der Waals surface area contributed by atoms with Gasteiger partial charge in [0.2, 0.25) is 0 Å². The van der Waals surface area contributed by atoms with Crippen LogP contribution in [0.25, 0.3) is 0 Å². The van der Waals surface area contributed by atoms with Crippen molar-refractivity contribution in [1.82, 2.24) is 25.0 Å². The van der Waals surface area contributed by atoms with Gasteiger partial charge in [-0.15, -0.1) is 0 Å². The van der Waals surface area contributed by atoms with Crippen LogP contribution >= 0.6 is 0 Å². The van der Waals surface area contributed by atoms with Gasteiger partial charge in [-0.1, -0.05) is 13.8 Å². The molecule has 0 aromatic carbocycles. The van der Waals surface area contributed by atoms with Crippen molar-refractivity contribution < 1.29 is 0 Å². The molecular formula is C12H25N5. The van der Waals surface area contributed by atoms with Crippen LogP contribution in [0.1, 0.15) is 26.6 Å². The lowest BCUT2D eigenvalue weighted by Crippen LogP contribution is -2.37. The molecule has 0 aliphatic carbocycles. The summed E-state index contributed by atoms with van der Waals surface area (Å²) in [5.74, 6) is 1.01. The third kappa shape index (κ3) is 4.83. The van der Waals surface area contributed by atoms with E-state index in [1.54, 1.807) is 6.33 Å². The normalized spacial score (nSPS) is 12.4. The molecule has 0 aliphatic rings. The Kier molecular flexibility index (Phi) is 5.08. The van der Waals surface area contributed by atoms with Crippen LogP contribution in [0, 0.1) is 5.41 Å². The fourth-order valence-corrected chi connectivity index (χ4v) is 2.11. The third-order valence-corrected chi connectivity index (χ3v) is 2.63. The van der Waals surface area contributed by atoms with Gasteiger partial charge in [0.05, 0.1) is 6.54 Å². The van der Waals surface area contributed by atoms with E-state index < -0.39 is 0 Å². The molecule has 0 atom stereocenters. The first-order valence-electron chi connectivity index (χ1n) is 6.17. The lowest BCUT2D eigenvalue weighted by molar-refractivity contribution is 0.231. The van der Waals surface area contributed by atoms with Gasteiger partial charge >= 0.3 is 0 Å². The Morgan fingerprint density at radius 1 is 1.41 bits per heavy atom. The first-order valence-corrected chi connectivity index (χ1v) is 6.17. The Labute approximate surface area is 104 Å². The van der Waals surface area contributed by atoms with Gasteiger partial charge in [-0.3, -0.25) is 0 Å². The van der Waals surface area contributed by atoms with E-state index in [1.807, 2.05) is 4.68 Å². The van der Waals surface area contributed by atoms with E-state index in [2.05, 4.69) is 55.2 Å². The van der Waals surface area contributed by atoms with Gasteiger partial charge in [-0.2, -0.15) is 5.10 Å². The van der Waals surface area contributed by atoms with E-state index in [4.69, 9.17) is 0 Å². The molecule has 0 saturated carbocycles. The Hall–Kier alpha value is -0.940. The molecule has 0 spiro atoms. The molecule has 1 aromatic rings. The highest BCUT2D eigenvalue weighted by molar-refractivity contribution is 4.84. The number of nitrogens with one attached hydrogen (secondary N) is 1. The molecule has 98 valence electrons. The minimum absolute atomic E-state index is 0.264. The van der Waals surface area contributed by atoms with Crippen LogP contribution in [-0.4, -0.2) is 46.8 Å². The predicted octanol–water partition coefficient (Wildman–Crippen LogP) is 0.975. The van der Waals surface area contributed by atoms with Crippen molar-refractivity contribution in [2.45, 2.75) is 33.9 Å². The van der Waals surface area contributed by atoms with Crippen LogP contribution in [0.15, 0.2) is 6.33 Å². The maximum Gasteiger partial charge on any atom is 0.140 e. The van der Waals surface area contributed by atoms with E-state index in [0.717, 1.165) is 32.0 Å². The summed E-state index contributed by atoms with van der Waals surface area (Å²) < 4.78 is 1.92. The van der Waals surface area contributed by atoms with Crippen LogP contribution in [0.2, 0.25) is 0 Å². The smallest absolute Gasteiger partial charge is 0.140 e. The number of nitrogens with zero attached hydrogens (tertiary/aromatic N) is 4. The van der Waals surface area contributed by atoms with E-state index in [9.17, 15) is 0 Å². The molecule has 0 fully saturated rings. The van der Waals surface area contributed by atoms with Crippen molar-refractivity contribution >= 4 is 0 Å². The average molecular weight is 239 g/mol. The topological polar surface area (TPSA) is 46.0 Å². The summed E-state index contributed by atoms with van der Waals surface area (Å²) in [5, 5.41) is 7.61. The molecule has 5 nitrogen and oxygen atoms in total. The molecule has 0 aliphatic heterocycles. The summed E-state index contributed by atoms with van der Waals surface area (Å²) in [7, 11) is 4.21. The van der Waals surface area contributed by atoms with Gasteiger partial charge in [0.15, 0.2) is 0 Å². The number of aryl methyl sites for hydroxylation is 1. The lowest BCUT2D eigenvalue weighted by atomic mass is 9.93. The maximum absolute atomic E-state index is 4.25. The van der Waals surface area contributed by atoms with E-state index in [1.165, 1.54) is 0 Å². The summed E-state index contributed by atoms with van der Waals surface area (Å²) in [5.41, 5.74) is 0.264. The van der Waals surface area contributed by atoms with Crippen molar-refractivity contribution in [2.24, 2.45) is 5.41 Å². The molecule has 1 rings (SSSR count). The first-order chi connectivity index (χ1) is 7.94. The zero-order valence-corrected chi connectivity index (χ0v) is 11.7. The molecular weight excluding hydrogens is 214 g/mol. The number of hydrogen-bond donors (Lipinski definition) is 1. The monoisotopic (exact) mass is 239 g/mol. The molecule has 1 heterocycles. The molecule has 1 aromatic heterocycles. The molecule has 0 bridgehead atoms. The van der Waals surface area contributed by atoms with Crippen LogP contribution in [0.3, 0.4) is 0 Å². The highest BCUT2D eigenvalue weighted by atomic mass is 15.3. The number of hydrogen-bond acceptors (Lipinski definition) is 4. The second-order valence-electron chi connectivity index (χ2n) is 5.50. The fraction of sp³-hybridized carbons (Fsp3) is 0.833. The summed E-state index contributed by atoms with van der Waals surface area (Å²) >= 11 is 0. The van der Waals surface area contributed by atoms with Crippen LogP contribution < -0.4 is 5.32 Å². The number of rotatable bonds is 7. The summed E-state index contributed by atoms with van der Waals surface area (Å²) in [6.45, 7) is 10.3. The zero-order valence-electron chi connectivity index (χ0n) is 11.7.